The second kappa shape index (κ2) is 10.7. The Labute approximate surface area is 213 Å². The molecule has 0 aromatic heterocycles. The summed E-state index contributed by atoms with van der Waals surface area (Å²) in [6, 6.07) is 15.7. The zero-order chi connectivity index (χ0) is 24.2. The van der Waals surface area contributed by atoms with Crippen LogP contribution in [0.15, 0.2) is 53.3 Å². The topological polar surface area (TPSA) is 66.0 Å². The van der Waals surface area contributed by atoms with Gasteiger partial charge in [-0.25, -0.2) is 0 Å². The van der Waals surface area contributed by atoms with Crippen LogP contribution in [0.4, 0.5) is 0 Å². The Hall–Kier alpha value is -2.78. The molecule has 1 N–H and O–H groups in total. The third-order valence-electron chi connectivity index (χ3n) is 6.19. The Kier molecular flexibility index (Phi) is 7.63. The van der Waals surface area contributed by atoms with Gasteiger partial charge in [0.1, 0.15) is 0 Å². The first kappa shape index (κ1) is 24.3. The highest BCUT2D eigenvalue weighted by molar-refractivity contribution is 14.1. The van der Waals surface area contributed by atoms with Crippen LogP contribution in [-0.2, 0) is 13.0 Å². The number of rotatable bonds is 7. The fraction of sp³-hybridized carbons (Fsp3) is 0.296. The van der Waals surface area contributed by atoms with Gasteiger partial charge in [0.2, 0.25) is 11.2 Å². The van der Waals surface area contributed by atoms with Gasteiger partial charge in [-0.15, -0.1) is 0 Å². The molecule has 3 aromatic rings. The highest BCUT2D eigenvalue weighted by atomic mass is 127. The number of hydrogen-bond acceptors (Lipinski definition) is 6. The second-order valence-electron chi connectivity index (χ2n) is 8.06. The van der Waals surface area contributed by atoms with Crippen LogP contribution >= 0.6 is 22.6 Å². The summed E-state index contributed by atoms with van der Waals surface area (Å²) in [5.41, 5.74) is 4.82. The molecule has 0 unspecified atom stereocenters. The van der Waals surface area contributed by atoms with Crippen LogP contribution in [-0.4, -0.2) is 28.4 Å². The average Bonchev–Trinajstić information content (AvgIpc) is 3.10. The molecular weight excluding hydrogens is 545 g/mol. The number of nitrogens with one attached hydrogen (secondary N) is 1. The molecule has 0 radical (unpaired) electrons. The van der Waals surface area contributed by atoms with Crippen molar-refractivity contribution >= 4 is 22.6 Å². The lowest BCUT2D eigenvalue weighted by atomic mass is 9.95. The summed E-state index contributed by atoms with van der Waals surface area (Å²) in [6.07, 6.45) is 1.58. The normalized spacial score (nSPS) is 14.4. The molecule has 1 atom stereocenters. The molecular formula is C27H28INO5. The maximum atomic E-state index is 13.0. The maximum Gasteiger partial charge on any atom is 0.220 e. The van der Waals surface area contributed by atoms with Crippen LogP contribution in [0.1, 0.15) is 29.2 Å². The van der Waals surface area contributed by atoms with Crippen LogP contribution in [0.3, 0.4) is 0 Å². The lowest BCUT2D eigenvalue weighted by Gasteiger charge is -2.20. The third-order valence-corrected chi connectivity index (χ3v) is 6.91. The highest BCUT2D eigenvalue weighted by Crippen LogP contribution is 2.50. The van der Waals surface area contributed by atoms with Crippen LogP contribution in [0.5, 0.6) is 23.0 Å². The van der Waals surface area contributed by atoms with Crippen molar-refractivity contribution in [2.75, 3.05) is 28.4 Å². The molecule has 0 fully saturated rings. The fourth-order valence-electron chi connectivity index (χ4n) is 4.52. The van der Waals surface area contributed by atoms with E-state index < -0.39 is 0 Å². The van der Waals surface area contributed by atoms with Gasteiger partial charge in [0, 0.05) is 21.7 Å². The smallest absolute Gasteiger partial charge is 0.220 e. The van der Waals surface area contributed by atoms with E-state index in [4.69, 9.17) is 18.9 Å². The summed E-state index contributed by atoms with van der Waals surface area (Å²) >= 11 is 2.30. The summed E-state index contributed by atoms with van der Waals surface area (Å²) in [4.78, 5) is 13.0. The van der Waals surface area contributed by atoms with E-state index in [2.05, 4.69) is 52.2 Å². The van der Waals surface area contributed by atoms with Gasteiger partial charge in [-0.05, 0) is 88.0 Å². The Balaban J connectivity index is 1.89. The van der Waals surface area contributed by atoms with Gasteiger partial charge in [0.25, 0.3) is 0 Å². The van der Waals surface area contributed by atoms with Crippen molar-refractivity contribution in [2.45, 2.75) is 25.4 Å². The molecule has 0 saturated heterocycles. The van der Waals surface area contributed by atoms with Crippen LogP contribution in [0.25, 0.3) is 11.1 Å². The fourth-order valence-corrected chi connectivity index (χ4v) is 4.88. The minimum absolute atomic E-state index is 0.0480. The molecule has 7 heteroatoms. The van der Waals surface area contributed by atoms with Crippen molar-refractivity contribution in [3.8, 4) is 34.1 Å². The van der Waals surface area contributed by atoms with E-state index >= 15 is 0 Å². The van der Waals surface area contributed by atoms with E-state index in [0.29, 0.717) is 29.5 Å². The highest BCUT2D eigenvalue weighted by Gasteiger charge is 2.29. The molecule has 0 bridgehead atoms. The van der Waals surface area contributed by atoms with Crippen LogP contribution in [0, 0.1) is 3.57 Å². The second-order valence-corrected chi connectivity index (χ2v) is 9.30. The molecule has 1 aliphatic rings. The summed E-state index contributed by atoms with van der Waals surface area (Å²) in [5, 5.41) is 3.68. The van der Waals surface area contributed by atoms with E-state index in [9.17, 15) is 4.79 Å². The standard InChI is InChI=1S/C27H28INO5/c1-31-23-12-10-19-20(14-22(23)30)21(29-15-16-5-8-18(28)9-6-16)11-7-17-13-24(32-2)26(33-3)27(34-4)25(17)19/h5-6,8-10,12-14,21,29H,7,11,15H2,1-4H3/t21-/m0/s1. The summed E-state index contributed by atoms with van der Waals surface area (Å²) < 4.78 is 23.7. The van der Waals surface area contributed by atoms with Gasteiger partial charge in [-0.1, -0.05) is 18.2 Å². The number of aryl methyl sites for hydroxylation is 1. The van der Waals surface area contributed by atoms with Gasteiger partial charge in [-0.2, -0.15) is 0 Å². The van der Waals surface area contributed by atoms with Crippen LogP contribution < -0.4 is 29.7 Å². The number of benzene rings is 2. The van der Waals surface area contributed by atoms with Gasteiger partial charge >= 0.3 is 0 Å². The molecule has 34 heavy (non-hydrogen) atoms. The predicted octanol–water partition coefficient (Wildman–Crippen LogP) is 5.13. The SMILES string of the molecule is COc1cc2c(c(OC)c1OC)-c1ccc(OC)c(=O)cc1[C@@H](NCc1ccc(I)cc1)CC2. The molecule has 178 valence electrons. The molecule has 1 aliphatic carbocycles. The van der Waals surface area contributed by atoms with Crippen molar-refractivity contribution in [1.29, 1.82) is 0 Å². The van der Waals surface area contributed by atoms with Crippen molar-refractivity contribution in [3.63, 3.8) is 0 Å². The number of hydrogen-bond donors (Lipinski definition) is 1. The first-order valence-corrected chi connectivity index (χ1v) is 12.1. The first-order valence-electron chi connectivity index (χ1n) is 11.0. The number of methoxy groups -OCH3 is 4. The zero-order valence-corrected chi connectivity index (χ0v) is 21.9. The molecule has 4 rings (SSSR count). The predicted molar refractivity (Wildman–Crippen MR) is 141 cm³/mol. The van der Waals surface area contributed by atoms with Crippen molar-refractivity contribution in [2.24, 2.45) is 0 Å². The van der Waals surface area contributed by atoms with Crippen molar-refractivity contribution < 1.29 is 18.9 Å². The monoisotopic (exact) mass is 573 g/mol. The Morgan fingerprint density at radius 3 is 2.24 bits per heavy atom. The maximum absolute atomic E-state index is 13.0. The van der Waals surface area contributed by atoms with Gasteiger partial charge < -0.3 is 24.3 Å². The first-order chi connectivity index (χ1) is 16.5. The Bertz CT molecular complexity index is 1240. The van der Waals surface area contributed by atoms with E-state index in [1.165, 1.54) is 16.2 Å². The summed E-state index contributed by atoms with van der Waals surface area (Å²) in [6.45, 7) is 0.686. The van der Waals surface area contributed by atoms with E-state index in [1.807, 2.05) is 12.1 Å². The number of fused-ring (bicyclic) bond motifs is 3. The molecule has 3 aromatic carbocycles. The number of ether oxygens (including phenoxy) is 4. The van der Waals surface area contributed by atoms with E-state index in [1.54, 1.807) is 33.5 Å². The molecule has 0 heterocycles. The van der Waals surface area contributed by atoms with E-state index in [-0.39, 0.29) is 11.5 Å². The Morgan fingerprint density at radius 1 is 0.882 bits per heavy atom. The van der Waals surface area contributed by atoms with Crippen LogP contribution in [0.2, 0.25) is 0 Å². The molecule has 0 amide bonds. The van der Waals surface area contributed by atoms with Gasteiger partial charge in [0.05, 0.1) is 28.4 Å². The molecule has 6 nitrogen and oxygen atoms in total. The van der Waals surface area contributed by atoms with Gasteiger partial charge in [-0.3, -0.25) is 4.79 Å². The minimum Gasteiger partial charge on any atom is -0.493 e. The van der Waals surface area contributed by atoms with Crippen molar-refractivity contribution in [1.82, 2.24) is 5.32 Å². The quantitative estimate of drug-likeness (QED) is 0.396. The molecule has 0 aliphatic heterocycles. The average molecular weight is 573 g/mol. The zero-order valence-electron chi connectivity index (χ0n) is 19.7. The van der Waals surface area contributed by atoms with Crippen molar-refractivity contribution in [3.05, 3.63) is 79.0 Å². The molecule has 0 saturated carbocycles. The lowest BCUT2D eigenvalue weighted by Crippen LogP contribution is -2.22. The van der Waals surface area contributed by atoms with Gasteiger partial charge in [0.15, 0.2) is 17.2 Å². The van der Waals surface area contributed by atoms with E-state index in [0.717, 1.165) is 35.1 Å². The molecule has 0 spiro atoms. The Morgan fingerprint density at radius 2 is 1.59 bits per heavy atom. The summed E-state index contributed by atoms with van der Waals surface area (Å²) in [5.74, 6) is 2.03. The number of halogens is 1. The minimum atomic E-state index is -0.160. The largest absolute Gasteiger partial charge is 0.493 e. The summed E-state index contributed by atoms with van der Waals surface area (Å²) in [7, 11) is 6.35. The third kappa shape index (κ3) is 4.72. The lowest BCUT2D eigenvalue weighted by molar-refractivity contribution is 0.324.